The van der Waals surface area contributed by atoms with E-state index in [9.17, 15) is 0 Å². The molecule has 1 aliphatic heterocycles. The molecule has 0 amide bonds. The standard InChI is InChI=1S/C4H9OSe/c1-3-6-4-2-5-1/h6H,1-4H2. The molecule has 0 unspecified atom stereocenters. The van der Waals surface area contributed by atoms with E-state index in [1.165, 1.54) is 10.6 Å². The molecular formula is C4H9OSe. The van der Waals surface area contributed by atoms with Crippen LogP contribution in [0.25, 0.3) is 0 Å². The molecule has 0 N–H and O–H groups in total. The molecule has 6 heavy (non-hydrogen) atoms. The average molecular weight is 152 g/mol. The summed E-state index contributed by atoms with van der Waals surface area (Å²) in [5.41, 5.74) is 0. The van der Waals surface area contributed by atoms with Crippen molar-refractivity contribution in [3.63, 3.8) is 0 Å². The number of ether oxygens (including phenoxy) is 1. The van der Waals surface area contributed by atoms with Crippen LogP contribution in [0.2, 0.25) is 10.6 Å². The van der Waals surface area contributed by atoms with Gasteiger partial charge >= 0.3 is 43.5 Å². The Bertz CT molecular complexity index is 23.0. The Kier molecular flexibility index (Phi) is 2.02. The van der Waals surface area contributed by atoms with Crippen LogP contribution in [0.4, 0.5) is 0 Å². The summed E-state index contributed by atoms with van der Waals surface area (Å²) in [6.45, 7) is 2.08. The van der Waals surface area contributed by atoms with Crippen LogP contribution in [0.15, 0.2) is 0 Å². The molecule has 37 valence electrons. The van der Waals surface area contributed by atoms with E-state index in [2.05, 4.69) is 0 Å². The number of hydrogen-bond donors (Lipinski definition) is 0. The molecule has 1 nitrogen and oxygen atoms in total. The summed E-state index contributed by atoms with van der Waals surface area (Å²) < 4.78 is 5.09. The molecule has 2 heteroatoms. The molecule has 0 spiro atoms. The van der Waals surface area contributed by atoms with Crippen molar-refractivity contribution in [1.29, 1.82) is 0 Å². The van der Waals surface area contributed by atoms with E-state index in [1.54, 1.807) is 0 Å². The van der Waals surface area contributed by atoms with Crippen LogP contribution in [0.1, 0.15) is 0 Å². The summed E-state index contributed by atoms with van der Waals surface area (Å²) >= 11 is 0.706. The average Bonchev–Trinajstić information content (AvgIpc) is 1.72. The van der Waals surface area contributed by atoms with Crippen molar-refractivity contribution < 1.29 is 4.74 Å². The molecule has 0 bridgehead atoms. The van der Waals surface area contributed by atoms with Crippen molar-refractivity contribution in [2.75, 3.05) is 13.2 Å². The summed E-state index contributed by atoms with van der Waals surface area (Å²) in [5, 5.41) is 2.74. The molecule has 0 aromatic rings. The van der Waals surface area contributed by atoms with E-state index in [4.69, 9.17) is 4.74 Å². The van der Waals surface area contributed by atoms with Gasteiger partial charge in [-0.3, -0.25) is 0 Å². The van der Waals surface area contributed by atoms with Gasteiger partial charge in [0, 0.05) is 0 Å². The first-order valence-electron chi connectivity index (χ1n) is 2.21. The molecule has 0 aliphatic carbocycles. The summed E-state index contributed by atoms with van der Waals surface area (Å²) in [7, 11) is 0. The van der Waals surface area contributed by atoms with Crippen LogP contribution in [-0.4, -0.2) is 28.2 Å². The molecule has 0 saturated carbocycles. The minimum absolute atomic E-state index is 0.706. The molecule has 1 heterocycles. The molecule has 0 atom stereocenters. The SMILES string of the molecule is C1C[SeH]CCO1. The maximum absolute atomic E-state index is 5.09. The second-order valence-electron chi connectivity index (χ2n) is 1.28. The molecule has 1 aliphatic rings. The second kappa shape index (κ2) is 2.62. The van der Waals surface area contributed by atoms with Gasteiger partial charge in [-0.2, -0.15) is 0 Å². The second-order valence-corrected chi connectivity index (χ2v) is 4.10. The predicted molar refractivity (Wildman–Crippen MR) is 27.6 cm³/mol. The van der Waals surface area contributed by atoms with Crippen LogP contribution in [0.5, 0.6) is 0 Å². The summed E-state index contributed by atoms with van der Waals surface area (Å²) in [6.07, 6.45) is 0. The van der Waals surface area contributed by atoms with E-state index in [0.29, 0.717) is 15.0 Å². The third-order valence-electron chi connectivity index (χ3n) is 0.787. The Hall–Kier alpha value is 0.479. The van der Waals surface area contributed by atoms with Gasteiger partial charge in [0.2, 0.25) is 0 Å². The fourth-order valence-electron chi connectivity index (χ4n) is 0.472. The van der Waals surface area contributed by atoms with Gasteiger partial charge in [-0.15, -0.1) is 0 Å². The third kappa shape index (κ3) is 1.29. The van der Waals surface area contributed by atoms with Crippen molar-refractivity contribution in [3.8, 4) is 0 Å². The predicted octanol–water partition coefficient (Wildman–Crippen LogP) is 0.290. The number of hydrogen-bond acceptors (Lipinski definition) is 1. The van der Waals surface area contributed by atoms with Crippen molar-refractivity contribution in [2.45, 2.75) is 10.6 Å². The first-order chi connectivity index (χ1) is 3.00. The molecule has 1 fully saturated rings. The van der Waals surface area contributed by atoms with E-state index >= 15 is 0 Å². The molecule has 1 saturated heterocycles. The Morgan fingerprint density at radius 1 is 1.17 bits per heavy atom. The Balaban J connectivity index is 2.00. The molecule has 1 radical (unpaired) electrons. The summed E-state index contributed by atoms with van der Waals surface area (Å²) in [6, 6.07) is 0. The zero-order valence-corrected chi connectivity index (χ0v) is 5.56. The van der Waals surface area contributed by atoms with Crippen LogP contribution in [-0.2, 0) is 4.74 Å². The van der Waals surface area contributed by atoms with Crippen molar-refractivity contribution >= 4 is 15.0 Å². The van der Waals surface area contributed by atoms with Crippen LogP contribution in [0.3, 0.4) is 0 Å². The van der Waals surface area contributed by atoms with Gasteiger partial charge in [0.05, 0.1) is 0 Å². The molecule has 1 rings (SSSR count). The van der Waals surface area contributed by atoms with Gasteiger partial charge in [0.1, 0.15) is 0 Å². The van der Waals surface area contributed by atoms with Crippen molar-refractivity contribution in [3.05, 3.63) is 0 Å². The van der Waals surface area contributed by atoms with Gasteiger partial charge in [0.25, 0.3) is 0 Å². The Morgan fingerprint density at radius 3 is 2.00 bits per heavy atom. The molecule has 0 aromatic heterocycles. The fourth-order valence-corrected chi connectivity index (χ4v) is 2.02. The fraction of sp³-hybridized carbons (Fsp3) is 1.00. The maximum atomic E-state index is 5.09. The van der Waals surface area contributed by atoms with E-state index in [1.807, 2.05) is 0 Å². The van der Waals surface area contributed by atoms with Crippen LogP contribution >= 0.6 is 0 Å². The van der Waals surface area contributed by atoms with Gasteiger partial charge < -0.3 is 0 Å². The first-order valence-corrected chi connectivity index (χ1v) is 4.86. The first kappa shape index (κ1) is 4.63. The normalized spacial score (nSPS) is 24.0. The molecule has 0 aromatic carbocycles. The summed E-state index contributed by atoms with van der Waals surface area (Å²) in [5.74, 6) is 0. The third-order valence-corrected chi connectivity index (χ3v) is 2.88. The summed E-state index contributed by atoms with van der Waals surface area (Å²) in [4.78, 5) is 0. The van der Waals surface area contributed by atoms with E-state index in [-0.39, 0.29) is 0 Å². The van der Waals surface area contributed by atoms with Crippen LogP contribution < -0.4 is 0 Å². The van der Waals surface area contributed by atoms with Crippen LogP contribution in [0, 0.1) is 0 Å². The van der Waals surface area contributed by atoms with E-state index < -0.39 is 0 Å². The monoisotopic (exact) mass is 153 g/mol. The van der Waals surface area contributed by atoms with Gasteiger partial charge in [0.15, 0.2) is 0 Å². The van der Waals surface area contributed by atoms with Gasteiger partial charge in [-0.25, -0.2) is 0 Å². The topological polar surface area (TPSA) is 9.23 Å². The van der Waals surface area contributed by atoms with Crippen molar-refractivity contribution in [1.82, 2.24) is 0 Å². The van der Waals surface area contributed by atoms with Gasteiger partial charge in [-0.05, 0) is 0 Å². The molecular weight excluding hydrogens is 143 g/mol. The Labute approximate surface area is 44.2 Å². The Morgan fingerprint density at radius 2 is 1.83 bits per heavy atom. The zero-order chi connectivity index (χ0) is 4.24. The minimum atomic E-state index is 0.706. The van der Waals surface area contributed by atoms with E-state index in [0.717, 1.165) is 13.2 Å². The van der Waals surface area contributed by atoms with Crippen molar-refractivity contribution in [2.24, 2.45) is 0 Å². The quantitative estimate of drug-likeness (QED) is 0.453. The zero-order valence-electron chi connectivity index (χ0n) is 3.68. The van der Waals surface area contributed by atoms with Gasteiger partial charge in [-0.1, -0.05) is 0 Å². The number of rotatable bonds is 0.